The topological polar surface area (TPSA) is 68.7 Å². The van der Waals surface area contributed by atoms with Crippen LogP contribution in [0.2, 0.25) is 0 Å². The number of hydrogen-bond acceptors (Lipinski definition) is 4. The minimum Gasteiger partial charge on any atom is -0.493 e. The maximum Gasteiger partial charge on any atom is 0.337 e. The zero-order chi connectivity index (χ0) is 24.7. The van der Waals surface area contributed by atoms with Crippen molar-refractivity contribution < 1.29 is 19.4 Å². The van der Waals surface area contributed by atoms with Crippen LogP contribution >= 0.6 is 0 Å². The van der Waals surface area contributed by atoms with E-state index in [0.717, 1.165) is 63.4 Å². The molecule has 5 heteroatoms. The summed E-state index contributed by atoms with van der Waals surface area (Å²) in [4.78, 5) is 17.5. The number of pyridine rings is 1. The zero-order valence-corrected chi connectivity index (χ0v) is 20.7. The Morgan fingerprint density at radius 3 is 2.77 bits per heavy atom. The summed E-state index contributed by atoms with van der Waals surface area (Å²) in [5.41, 5.74) is 4.77. The number of aliphatic carboxylic acids is 1. The lowest BCUT2D eigenvalue weighted by molar-refractivity contribution is -0.163. The van der Waals surface area contributed by atoms with E-state index in [-0.39, 0.29) is 0 Å². The van der Waals surface area contributed by atoms with Gasteiger partial charge in [-0.2, -0.15) is 0 Å². The van der Waals surface area contributed by atoms with Crippen LogP contribution in [0.5, 0.6) is 5.75 Å². The van der Waals surface area contributed by atoms with Crippen LogP contribution in [-0.4, -0.2) is 28.3 Å². The molecule has 1 N–H and O–H groups in total. The highest BCUT2D eigenvalue weighted by molar-refractivity contribution is 6.08. The molecule has 0 saturated carbocycles. The van der Waals surface area contributed by atoms with Crippen molar-refractivity contribution in [3.8, 4) is 16.9 Å². The molecule has 0 amide bonds. The largest absolute Gasteiger partial charge is 0.493 e. The second kappa shape index (κ2) is 8.97. The molecule has 0 saturated heterocycles. The average Bonchev–Trinajstić information content (AvgIpc) is 2.83. The Morgan fingerprint density at radius 2 is 2.00 bits per heavy atom. The highest BCUT2D eigenvalue weighted by Crippen LogP contribution is 2.45. The normalized spacial score (nSPS) is 14.2. The number of carbonyl (C=O) groups is 1. The molecule has 5 nitrogen and oxygen atoms in total. The molecule has 0 spiro atoms. The van der Waals surface area contributed by atoms with Crippen molar-refractivity contribution in [3.63, 3.8) is 0 Å². The minimum absolute atomic E-state index is 0.584. The van der Waals surface area contributed by atoms with Crippen molar-refractivity contribution in [2.75, 3.05) is 6.61 Å². The van der Waals surface area contributed by atoms with E-state index in [2.05, 4.69) is 25.1 Å². The Morgan fingerprint density at radius 1 is 1.20 bits per heavy atom. The fourth-order valence-corrected chi connectivity index (χ4v) is 5.45. The lowest BCUT2D eigenvalue weighted by atomic mass is 9.85. The molecule has 0 bridgehead atoms. The van der Waals surface area contributed by atoms with Crippen LogP contribution in [0.15, 0.2) is 54.7 Å². The number of fused-ring (bicyclic) bond motifs is 1. The number of nitrogens with zero attached hydrogens (tertiary/aromatic N) is 1. The molecule has 3 aromatic carbocycles. The Labute approximate surface area is 205 Å². The molecular weight excluding hydrogens is 438 g/mol. The lowest BCUT2D eigenvalue weighted by Gasteiger charge is -2.31. The van der Waals surface area contributed by atoms with Crippen LogP contribution in [0.25, 0.3) is 32.8 Å². The van der Waals surface area contributed by atoms with Gasteiger partial charge in [0.05, 0.1) is 17.7 Å². The average molecular weight is 470 g/mol. The van der Waals surface area contributed by atoms with Crippen LogP contribution in [-0.2, 0) is 16.0 Å². The molecule has 1 aliphatic heterocycles. The summed E-state index contributed by atoms with van der Waals surface area (Å²) < 4.78 is 12.3. The maximum absolute atomic E-state index is 12.7. The van der Waals surface area contributed by atoms with Gasteiger partial charge < -0.3 is 14.6 Å². The molecule has 2 heterocycles. The summed E-state index contributed by atoms with van der Waals surface area (Å²) in [5, 5.41) is 13.5. The van der Waals surface area contributed by atoms with E-state index in [4.69, 9.17) is 14.5 Å². The standard InChI is InChI=1S/C30H31NO4/c1-5-14-30(3,4)35-28(29(32)33)24-18(2)17-20-8-6-7-9-21(20)26(24)22-10-11-23-25-19(13-16-34-23)12-15-31-27(22)25/h6-12,15,17,28H,5,13-14,16H2,1-4H3,(H,32,33)/t28-/m1/s1. The predicted molar refractivity (Wildman–Crippen MR) is 139 cm³/mol. The molecule has 180 valence electrons. The van der Waals surface area contributed by atoms with Crippen molar-refractivity contribution in [2.24, 2.45) is 0 Å². The van der Waals surface area contributed by atoms with Gasteiger partial charge in [-0.3, -0.25) is 4.98 Å². The number of carboxylic acids is 1. The maximum atomic E-state index is 12.7. The third kappa shape index (κ3) is 4.14. The molecular formula is C30H31NO4. The fraction of sp³-hybridized carbons (Fsp3) is 0.333. The summed E-state index contributed by atoms with van der Waals surface area (Å²) in [6, 6.07) is 16.2. The number of carboxylic acid groups (broad SMARTS) is 1. The summed E-state index contributed by atoms with van der Waals surface area (Å²) in [5.74, 6) is -0.167. The van der Waals surface area contributed by atoms with Crippen LogP contribution in [0.1, 0.15) is 56.4 Å². The number of ether oxygens (including phenoxy) is 2. The van der Waals surface area contributed by atoms with Gasteiger partial charge in [0.2, 0.25) is 0 Å². The number of hydrogen-bond donors (Lipinski definition) is 1. The van der Waals surface area contributed by atoms with E-state index in [9.17, 15) is 9.90 Å². The first-order chi connectivity index (χ1) is 16.8. The first-order valence-electron chi connectivity index (χ1n) is 12.3. The Balaban J connectivity index is 1.85. The van der Waals surface area contributed by atoms with E-state index >= 15 is 0 Å². The monoisotopic (exact) mass is 469 g/mol. The zero-order valence-electron chi connectivity index (χ0n) is 20.7. The molecule has 0 fully saturated rings. The van der Waals surface area contributed by atoms with Crippen molar-refractivity contribution >= 4 is 27.6 Å². The van der Waals surface area contributed by atoms with Gasteiger partial charge in [0.15, 0.2) is 6.10 Å². The van der Waals surface area contributed by atoms with Gasteiger partial charge in [-0.15, -0.1) is 0 Å². The van der Waals surface area contributed by atoms with Gasteiger partial charge in [0, 0.05) is 29.1 Å². The lowest BCUT2D eigenvalue weighted by Crippen LogP contribution is -2.31. The van der Waals surface area contributed by atoms with E-state index in [1.807, 2.05) is 57.3 Å². The van der Waals surface area contributed by atoms with E-state index in [1.165, 1.54) is 5.56 Å². The molecule has 0 aliphatic carbocycles. The van der Waals surface area contributed by atoms with Gasteiger partial charge in [-0.05, 0) is 72.9 Å². The first-order valence-corrected chi connectivity index (χ1v) is 12.3. The van der Waals surface area contributed by atoms with Crippen molar-refractivity contribution in [1.82, 2.24) is 4.98 Å². The third-order valence-corrected chi connectivity index (χ3v) is 6.91. The SMILES string of the molecule is CCCC(C)(C)O[C@@H](C(=O)O)c1c(C)cc2ccccc2c1-c1ccc2c3c(ccnc13)CCO2. The molecule has 1 atom stereocenters. The molecule has 4 aromatic rings. The van der Waals surface area contributed by atoms with Gasteiger partial charge in [0.1, 0.15) is 5.75 Å². The quantitative estimate of drug-likeness (QED) is 0.315. The Kier molecular flexibility index (Phi) is 5.97. The van der Waals surface area contributed by atoms with Gasteiger partial charge in [0.25, 0.3) is 0 Å². The van der Waals surface area contributed by atoms with Crippen molar-refractivity contribution in [1.29, 1.82) is 0 Å². The fourth-order valence-electron chi connectivity index (χ4n) is 5.45. The number of aryl methyl sites for hydroxylation is 1. The van der Waals surface area contributed by atoms with Crippen molar-refractivity contribution in [2.45, 2.75) is 58.7 Å². The van der Waals surface area contributed by atoms with Crippen LogP contribution in [0, 0.1) is 6.92 Å². The molecule has 0 radical (unpaired) electrons. The van der Waals surface area contributed by atoms with Crippen LogP contribution in [0.4, 0.5) is 0 Å². The van der Waals surface area contributed by atoms with Gasteiger partial charge in [-0.25, -0.2) is 4.79 Å². The minimum atomic E-state index is -1.11. The smallest absolute Gasteiger partial charge is 0.337 e. The molecule has 1 aromatic heterocycles. The third-order valence-electron chi connectivity index (χ3n) is 6.91. The summed E-state index contributed by atoms with van der Waals surface area (Å²) in [7, 11) is 0. The second-order valence-corrected chi connectivity index (χ2v) is 9.95. The number of rotatable bonds is 7. The highest BCUT2D eigenvalue weighted by Gasteiger charge is 2.34. The molecule has 1 aliphatic rings. The van der Waals surface area contributed by atoms with Crippen molar-refractivity contribution in [3.05, 3.63) is 71.4 Å². The Bertz CT molecular complexity index is 1430. The molecule has 5 rings (SSSR count). The number of aromatic nitrogens is 1. The summed E-state index contributed by atoms with van der Waals surface area (Å²) in [6.07, 6.45) is 3.21. The Hall–Kier alpha value is -3.44. The number of benzene rings is 3. The van der Waals surface area contributed by atoms with E-state index in [0.29, 0.717) is 12.2 Å². The molecule has 35 heavy (non-hydrogen) atoms. The van der Waals surface area contributed by atoms with E-state index < -0.39 is 17.7 Å². The summed E-state index contributed by atoms with van der Waals surface area (Å²) in [6.45, 7) is 8.62. The second-order valence-electron chi connectivity index (χ2n) is 9.95. The first kappa shape index (κ1) is 23.3. The van der Waals surface area contributed by atoms with Crippen LogP contribution < -0.4 is 4.74 Å². The van der Waals surface area contributed by atoms with Gasteiger partial charge >= 0.3 is 5.97 Å². The highest BCUT2D eigenvalue weighted by atomic mass is 16.5. The van der Waals surface area contributed by atoms with Gasteiger partial charge in [-0.1, -0.05) is 43.7 Å². The predicted octanol–water partition coefficient (Wildman–Crippen LogP) is 7.02. The summed E-state index contributed by atoms with van der Waals surface area (Å²) >= 11 is 0. The van der Waals surface area contributed by atoms with Crippen LogP contribution in [0.3, 0.4) is 0 Å². The van der Waals surface area contributed by atoms with E-state index in [1.54, 1.807) is 0 Å². The molecule has 0 unspecified atom stereocenters.